The monoisotopic (exact) mass is 141 g/mol. The fourth-order valence-corrected chi connectivity index (χ4v) is 1.54. The molecule has 0 aromatic rings. The van der Waals surface area contributed by atoms with Crippen molar-refractivity contribution in [2.75, 3.05) is 0 Å². The van der Waals surface area contributed by atoms with Gasteiger partial charge in [0.25, 0.3) is 0 Å². The Morgan fingerprint density at radius 3 is 1.60 bits per heavy atom. The van der Waals surface area contributed by atoms with Crippen LogP contribution in [0.15, 0.2) is 0 Å². The molecule has 0 heterocycles. The molecule has 0 amide bonds. The van der Waals surface area contributed by atoms with Crippen molar-refractivity contribution in [1.29, 1.82) is 0 Å². The van der Waals surface area contributed by atoms with Crippen LogP contribution in [0, 0.1) is 12.3 Å². The molecule has 10 heavy (non-hydrogen) atoms. The zero-order valence-corrected chi connectivity index (χ0v) is 7.74. The first-order valence-electron chi connectivity index (χ1n) is 4.54. The Morgan fingerprint density at radius 1 is 1.00 bits per heavy atom. The highest BCUT2D eigenvalue weighted by Gasteiger charge is 2.10. The Kier molecular flexibility index (Phi) is 4.76. The lowest BCUT2D eigenvalue weighted by atomic mass is 9.79. The van der Waals surface area contributed by atoms with Crippen molar-refractivity contribution < 1.29 is 0 Å². The van der Waals surface area contributed by atoms with E-state index in [1.807, 2.05) is 0 Å². The molecule has 0 aromatic carbocycles. The summed E-state index contributed by atoms with van der Waals surface area (Å²) >= 11 is 0. The number of rotatable bonds is 5. The lowest BCUT2D eigenvalue weighted by molar-refractivity contribution is 0.300. The van der Waals surface area contributed by atoms with Crippen LogP contribution in [0.5, 0.6) is 0 Å². The molecular formula is C10H21-. The molecule has 0 radical (unpaired) electrons. The molecule has 0 nitrogen and oxygen atoms in total. The Hall–Kier alpha value is 0. The maximum absolute atomic E-state index is 4.27. The first kappa shape index (κ1) is 10.0. The van der Waals surface area contributed by atoms with Crippen molar-refractivity contribution in [2.24, 2.45) is 5.41 Å². The van der Waals surface area contributed by atoms with Crippen LogP contribution in [0.2, 0.25) is 0 Å². The van der Waals surface area contributed by atoms with E-state index in [-0.39, 0.29) is 0 Å². The summed E-state index contributed by atoms with van der Waals surface area (Å²) < 4.78 is 0. The quantitative estimate of drug-likeness (QED) is 0.511. The van der Waals surface area contributed by atoms with Gasteiger partial charge >= 0.3 is 0 Å². The van der Waals surface area contributed by atoms with Crippen LogP contribution in [0.1, 0.15) is 52.9 Å². The summed E-state index contributed by atoms with van der Waals surface area (Å²) in [5.41, 5.74) is 0.392. The zero-order valence-electron chi connectivity index (χ0n) is 7.74. The van der Waals surface area contributed by atoms with Crippen LogP contribution < -0.4 is 0 Å². The van der Waals surface area contributed by atoms with Crippen molar-refractivity contribution in [3.63, 3.8) is 0 Å². The normalized spacial score (nSPS) is 12.0. The smallest absolute Gasteiger partial charge is 0.0581 e. The summed E-state index contributed by atoms with van der Waals surface area (Å²) in [7, 11) is 0. The molecular weight excluding hydrogens is 120 g/mol. The Morgan fingerprint density at radius 2 is 1.40 bits per heavy atom. The molecule has 0 saturated heterocycles. The Labute approximate surface area is 66.0 Å². The van der Waals surface area contributed by atoms with E-state index < -0.39 is 0 Å². The standard InChI is InChI=1S/C10H21/c1-5-8-10(4,7-3)9-6-2/h4-9H2,1-3H3/q-1. The third-order valence-corrected chi connectivity index (χ3v) is 2.31. The van der Waals surface area contributed by atoms with Crippen LogP contribution in [0.3, 0.4) is 0 Å². The Balaban J connectivity index is 3.69. The Bertz CT molecular complexity index is 68.1. The average Bonchev–Trinajstić information content (AvgIpc) is 1.89. The van der Waals surface area contributed by atoms with Gasteiger partial charge in [0.1, 0.15) is 0 Å². The molecule has 0 aromatic heterocycles. The van der Waals surface area contributed by atoms with Crippen molar-refractivity contribution in [3.8, 4) is 0 Å². The second-order valence-electron chi connectivity index (χ2n) is 3.35. The molecule has 0 heteroatoms. The highest BCUT2D eigenvalue weighted by atomic mass is 14.2. The van der Waals surface area contributed by atoms with E-state index in [0.717, 1.165) is 0 Å². The number of hydrogen-bond acceptors (Lipinski definition) is 0. The van der Waals surface area contributed by atoms with Crippen LogP contribution in [0.25, 0.3) is 0 Å². The lowest BCUT2D eigenvalue weighted by Crippen LogP contribution is -2.14. The predicted molar refractivity (Wildman–Crippen MR) is 47.9 cm³/mol. The molecule has 0 aliphatic rings. The average molecular weight is 141 g/mol. The second-order valence-corrected chi connectivity index (χ2v) is 3.35. The second kappa shape index (κ2) is 4.76. The third kappa shape index (κ3) is 3.24. The highest BCUT2D eigenvalue weighted by Crippen LogP contribution is 2.31. The minimum atomic E-state index is 0.392. The van der Waals surface area contributed by atoms with Crippen molar-refractivity contribution in [1.82, 2.24) is 0 Å². The molecule has 62 valence electrons. The van der Waals surface area contributed by atoms with E-state index in [0.29, 0.717) is 5.41 Å². The van der Waals surface area contributed by atoms with Gasteiger partial charge < -0.3 is 6.92 Å². The summed E-state index contributed by atoms with van der Waals surface area (Å²) in [5, 5.41) is 0. The summed E-state index contributed by atoms with van der Waals surface area (Å²) in [6, 6.07) is 0. The molecule has 0 atom stereocenters. The van der Waals surface area contributed by atoms with Crippen LogP contribution in [0.4, 0.5) is 0 Å². The first-order chi connectivity index (χ1) is 4.68. The first-order valence-corrected chi connectivity index (χ1v) is 4.54. The molecule has 0 saturated carbocycles. The van der Waals surface area contributed by atoms with E-state index in [1.54, 1.807) is 0 Å². The van der Waals surface area contributed by atoms with E-state index in [2.05, 4.69) is 27.7 Å². The van der Waals surface area contributed by atoms with Gasteiger partial charge in [0, 0.05) is 0 Å². The van der Waals surface area contributed by atoms with Crippen molar-refractivity contribution in [3.05, 3.63) is 6.92 Å². The zero-order chi connectivity index (χ0) is 8.04. The summed E-state index contributed by atoms with van der Waals surface area (Å²) in [6.45, 7) is 11.0. The fourth-order valence-electron chi connectivity index (χ4n) is 1.54. The minimum absolute atomic E-state index is 0.392. The van der Waals surface area contributed by atoms with Gasteiger partial charge in [0.15, 0.2) is 0 Å². The van der Waals surface area contributed by atoms with E-state index in [9.17, 15) is 0 Å². The molecule has 0 N–H and O–H groups in total. The topological polar surface area (TPSA) is 0 Å². The predicted octanol–water partition coefficient (Wildman–Crippen LogP) is 3.82. The van der Waals surface area contributed by atoms with E-state index in [1.165, 1.54) is 32.1 Å². The maximum atomic E-state index is 4.27. The van der Waals surface area contributed by atoms with Crippen LogP contribution >= 0.6 is 0 Å². The lowest BCUT2D eigenvalue weighted by Gasteiger charge is -2.35. The van der Waals surface area contributed by atoms with Gasteiger partial charge in [-0.05, 0) is 0 Å². The molecule has 0 rings (SSSR count). The van der Waals surface area contributed by atoms with Crippen molar-refractivity contribution >= 4 is 0 Å². The summed E-state index contributed by atoms with van der Waals surface area (Å²) in [6.07, 6.45) is 6.36. The SMILES string of the molecule is [CH2-]C(CC)(CCC)CCC. The molecule has 0 spiro atoms. The maximum Gasteiger partial charge on any atom is -0.0581 e. The van der Waals surface area contributed by atoms with Gasteiger partial charge in [-0.2, -0.15) is 5.41 Å². The van der Waals surface area contributed by atoms with Gasteiger partial charge in [-0.15, -0.1) is 0 Å². The van der Waals surface area contributed by atoms with Gasteiger partial charge in [-0.3, -0.25) is 0 Å². The molecule has 0 bridgehead atoms. The summed E-state index contributed by atoms with van der Waals surface area (Å²) in [4.78, 5) is 0. The number of hydrogen-bond donors (Lipinski definition) is 0. The third-order valence-electron chi connectivity index (χ3n) is 2.31. The van der Waals surface area contributed by atoms with E-state index >= 15 is 0 Å². The summed E-state index contributed by atoms with van der Waals surface area (Å²) in [5.74, 6) is 0. The van der Waals surface area contributed by atoms with Gasteiger partial charge in [-0.1, -0.05) is 52.9 Å². The van der Waals surface area contributed by atoms with Crippen molar-refractivity contribution in [2.45, 2.75) is 52.9 Å². The molecule has 0 aliphatic heterocycles. The molecule has 0 aliphatic carbocycles. The van der Waals surface area contributed by atoms with Gasteiger partial charge in [0.2, 0.25) is 0 Å². The molecule has 0 fully saturated rings. The molecule has 0 unspecified atom stereocenters. The minimum Gasteiger partial charge on any atom is -0.337 e. The van der Waals surface area contributed by atoms with E-state index in [4.69, 9.17) is 0 Å². The largest absolute Gasteiger partial charge is 0.337 e. The van der Waals surface area contributed by atoms with Crippen LogP contribution in [-0.4, -0.2) is 0 Å². The highest BCUT2D eigenvalue weighted by molar-refractivity contribution is 4.79. The van der Waals surface area contributed by atoms with Gasteiger partial charge in [-0.25, -0.2) is 0 Å². The fraction of sp³-hybridized carbons (Fsp3) is 0.900. The van der Waals surface area contributed by atoms with Crippen LogP contribution in [-0.2, 0) is 0 Å². The van der Waals surface area contributed by atoms with Gasteiger partial charge in [0.05, 0.1) is 0 Å².